The Morgan fingerprint density at radius 2 is 1.75 bits per heavy atom. The molecule has 0 fully saturated rings. The molecule has 1 atom stereocenters. The molecule has 2 rings (SSSR count). The third-order valence-corrected chi connectivity index (χ3v) is 4.18. The van der Waals surface area contributed by atoms with Crippen LogP contribution in [0.5, 0.6) is 0 Å². The van der Waals surface area contributed by atoms with Crippen LogP contribution in [-0.4, -0.2) is 7.05 Å². The van der Waals surface area contributed by atoms with Crippen molar-refractivity contribution in [3.8, 4) is 0 Å². The van der Waals surface area contributed by atoms with E-state index in [4.69, 9.17) is 4.42 Å². The van der Waals surface area contributed by atoms with Gasteiger partial charge in [0, 0.05) is 11.1 Å². The molecule has 1 N–H and O–H groups in total. The lowest BCUT2D eigenvalue weighted by Crippen LogP contribution is -2.21. The van der Waals surface area contributed by atoms with E-state index in [2.05, 4.69) is 21.2 Å². The summed E-state index contributed by atoms with van der Waals surface area (Å²) in [5, 5.41) is 2.98. The third-order valence-electron chi connectivity index (χ3n) is 3.56. The Morgan fingerprint density at radius 3 is 2.25 bits per heavy atom. The van der Waals surface area contributed by atoms with Gasteiger partial charge in [-0.25, -0.2) is 8.78 Å². The first-order valence-electron chi connectivity index (χ1n) is 6.25. The van der Waals surface area contributed by atoms with Gasteiger partial charge >= 0.3 is 0 Å². The minimum absolute atomic E-state index is 0.00567. The fraction of sp³-hybridized carbons (Fsp3) is 0.333. The SMILES string of the molecule is CNC(c1c(C)oc(C)c1C)c1c(F)ccc(Br)c1F. The van der Waals surface area contributed by atoms with Crippen molar-refractivity contribution in [1.29, 1.82) is 0 Å². The van der Waals surface area contributed by atoms with Gasteiger partial charge in [0.15, 0.2) is 0 Å². The van der Waals surface area contributed by atoms with Crippen molar-refractivity contribution >= 4 is 15.9 Å². The Labute approximate surface area is 125 Å². The second-order valence-corrected chi connectivity index (χ2v) is 5.59. The molecule has 0 radical (unpaired) electrons. The number of nitrogens with one attached hydrogen (secondary N) is 1. The van der Waals surface area contributed by atoms with Gasteiger partial charge in [0.25, 0.3) is 0 Å². The first kappa shape index (κ1) is 15.2. The zero-order chi connectivity index (χ0) is 15.0. The van der Waals surface area contributed by atoms with Crippen LogP contribution in [0.15, 0.2) is 21.0 Å². The van der Waals surface area contributed by atoms with Gasteiger partial charge in [0.1, 0.15) is 23.2 Å². The highest BCUT2D eigenvalue weighted by molar-refractivity contribution is 9.10. The van der Waals surface area contributed by atoms with Crippen LogP contribution in [0.3, 0.4) is 0 Å². The van der Waals surface area contributed by atoms with Gasteiger partial charge in [-0.1, -0.05) is 0 Å². The standard InChI is InChI=1S/C15H16BrF2NO/c1-7-8(2)20-9(3)12(7)15(19-4)13-11(17)6-5-10(16)14(13)18/h5-6,15,19H,1-4H3. The number of rotatable bonds is 3. The maximum Gasteiger partial charge on any atom is 0.145 e. The van der Waals surface area contributed by atoms with Crippen LogP contribution in [-0.2, 0) is 0 Å². The van der Waals surface area contributed by atoms with Gasteiger partial charge in [-0.15, -0.1) is 0 Å². The Hall–Kier alpha value is -1.20. The molecule has 0 bridgehead atoms. The Morgan fingerprint density at radius 1 is 1.10 bits per heavy atom. The molecule has 108 valence electrons. The highest BCUT2D eigenvalue weighted by atomic mass is 79.9. The Kier molecular flexibility index (Phi) is 4.30. The molecule has 0 spiro atoms. The van der Waals surface area contributed by atoms with Gasteiger partial charge in [-0.05, 0) is 61.4 Å². The molecule has 0 saturated carbocycles. The molecular formula is C15H16BrF2NO. The summed E-state index contributed by atoms with van der Waals surface area (Å²) < 4.78 is 34.2. The highest BCUT2D eigenvalue weighted by Gasteiger charge is 2.27. The molecule has 20 heavy (non-hydrogen) atoms. The molecule has 0 aliphatic heterocycles. The van der Waals surface area contributed by atoms with Crippen LogP contribution in [0.1, 0.15) is 34.3 Å². The first-order chi connectivity index (χ1) is 9.38. The average molecular weight is 344 g/mol. The largest absolute Gasteiger partial charge is 0.466 e. The summed E-state index contributed by atoms with van der Waals surface area (Å²) in [5.74, 6) is 0.247. The molecule has 5 heteroatoms. The number of furan rings is 1. The van der Waals surface area contributed by atoms with Gasteiger partial charge in [-0.3, -0.25) is 0 Å². The van der Waals surface area contributed by atoms with Gasteiger partial charge < -0.3 is 9.73 Å². The van der Waals surface area contributed by atoms with E-state index in [1.807, 2.05) is 13.8 Å². The summed E-state index contributed by atoms with van der Waals surface area (Å²) in [7, 11) is 1.67. The van der Waals surface area contributed by atoms with Crippen LogP contribution in [0.4, 0.5) is 8.78 Å². The van der Waals surface area contributed by atoms with Crippen molar-refractivity contribution in [1.82, 2.24) is 5.32 Å². The van der Waals surface area contributed by atoms with E-state index in [9.17, 15) is 8.78 Å². The quantitative estimate of drug-likeness (QED) is 0.826. The molecule has 0 aliphatic carbocycles. The summed E-state index contributed by atoms with van der Waals surface area (Å²) in [5.41, 5.74) is 1.68. The van der Waals surface area contributed by atoms with Crippen LogP contribution in [0.2, 0.25) is 0 Å². The Balaban J connectivity index is 2.68. The summed E-state index contributed by atoms with van der Waals surface area (Å²) in [6, 6.07) is 2.02. The van der Waals surface area contributed by atoms with Crippen LogP contribution >= 0.6 is 15.9 Å². The number of hydrogen-bond donors (Lipinski definition) is 1. The maximum absolute atomic E-state index is 14.3. The zero-order valence-electron chi connectivity index (χ0n) is 11.8. The van der Waals surface area contributed by atoms with E-state index in [0.29, 0.717) is 5.76 Å². The minimum Gasteiger partial charge on any atom is -0.466 e. The lowest BCUT2D eigenvalue weighted by Gasteiger charge is -2.19. The number of benzene rings is 1. The molecule has 0 saturated heterocycles. The van der Waals surface area contributed by atoms with Crippen molar-refractivity contribution in [2.45, 2.75) is 26.8 Å². The minimum atomic E-state index is -0.595. The van der Waals surface area contributed by atoms with Gasteiger partial charge in [0.05, 0.1) is 10.5 Å². The lowest BCUT2D eigenvalue weighted by atomic mass is 9.94. The Bertz CT molecular complexity index is 652. The number of aryl methyl sites for hydroxylation is 2. The van der Waals surface area contributed by atoms with Crippen molar-refractivity contribution in [3.05, 3.63) is 56.5 Å². The van der Waals surface area contributed by atoms with E-state index in [1.165, 1.54) is 12.1 Å². The van der Waals surface area contributed by atoms with Crippen molar-refractivity contribution in [2.24, 2.45) is 0 Å². The van der Waals surface area contributed by atoms with E-state index in [0.717, 1.165) is 16.9 Å². The van der Waals surface area contributed by atoms with Crippen LogP contribution in [0.25, 0.3) is 0 Å². The topological polar surface area (TPSA) is 25.2 Å². The second kappa shape index (κ2) is 5.66. The number of halogens is 3. The van der Waals surface area contributed by atoms with Gasteiger partial charge in [0.2, 0.25) is 0 Å². The van der Waals surface area contributed by atoms with Crippen LogP contribution in [0, 0.1) is 32.4 Å². The summed E-state index contributed by atoms with van der Waals surface area (Å²) in [6.07, 6.45) is 0. The molecule has 1 aromatic carbocycles. The predicted molar refractivity (Wildman–Crippen MR) is 77.9 cm³/mol. The summed E-state index contributed by atoms with van der Waals surface area (Å²) in [4.78, 5) is 0. The molecule has 2 aromatic rings. The van der Waals surface area contributed by atoms with Crippen molar-refractivity contribution in [2.75, 3.05) is 7.05 Å². The number of hydrogen-bond acceptors (Lipinski definition) is 2. The monoisotopic (exact) mass is 343 g/mol. The molecule has 1 heterocycles. The second-order valence-electron chi connectivity index (χ2n) is 4.73. The first-order valence-corrected chi connectivity index (χ1v) is 7.04. The smallest absolute Gasteiger partial charge is 0.145 e. The summed E-state index contributed by atoms with van der Waals surface area (Å²) in [6.45, 7) is 5.53. The fourth-order valence-corrected chi connectivity index (χ4v) is 2.82. The third kappa shape index (κ3) is 2.40. The summed E-state index contributed by atoms with van der Waals surface area (Å²) >= 11 is 3.10. The van der Waals surface area contributed by atoms with E-state index in [-0.39, 0.29) is 10.0 Å². The van der Waals surface area contributed by atoms with Crippen molar-refractivity contribution in [3.63, 3.8) is 0 Å². The fourth-order valence-electron chi connectivity index (χ4n) is 2.48. The normalized spacial score (nSPS) is 12.8. The van der Waals surface area contributed by atoms with Crippen LogP contribution < -0.4 is 5.32 Å². The van der Waals surface area contributed by atoms with E-state index >= 15 is 0 Å². The zero-order valence-corrected chi connectivity index (χ0v) is 13.4. The van der Waals surface area contributed by atoms with E-state index < -0.39 is 17.7 Å². The molecule has 2 nitrogen and oxygen atoms in total. The highest BCUT2D eigenvalue weighted by Crippen LogP contribution is 2.35. The molecular weight excluding hydrogens is 328 g/mol. The average Bonchev–Trinajstić information content (AvgIpc) is 2.65. The molecule has 1 unspecified atom stereocenters. The lowest BCUT2D eigenvalue weighted by molar-refractivity contribution is 0.487. The molecule has 0 aliphatic rings. The molecule has 1 aromatic heterocycles. The maximum atomic E-state index is 14.3. The van der Waals surface area contributed by atoms with Gasteiger partial charge in [-0.2, -0.15) is 0 Å². The molecule has 0 amide bonds. The van der Waals surface area contributed by atoms with E-state index in [1.54, 1.807) is 14.0 Å². The van der Waals surface area contributed by atoms with Crippen molar-refractivity contribution < 1.29 is 13.2 Å². The predicted octanol–water partition coefficient (Wildman–Crippen LogP) is 4.55.